The number of carbonyl (C=O) groups is 1. The van der Waals surface area contributed by atoms with Crippen LogP contribution in [0, 0.1) is 11.8 Å². The molecule has 2 aliphatic rings. The second-order valence-corrected chi connectivity index (χ2v) is 4.12. The van der Waals surface area contributed by atoms with E-state index in [2.05, 4.69) is 5.32 Å². The van der Waals surface area contributed by atoms with Crippen LogP contribution in [0.5, 0.6) is 0 Å². The van der Waals surface area contributed by atoms with E-state index in [1.54, 1.807) is 6.20 Å². The highest BCUT2D eigenvalue weighted by molar-refractivity contribution is 5.79. The topological polar surface area (TPSA) is 49.3 Å². The maximum Gasteiger partial charge on any atom is 0.329 e. The Morgan fingerprint density at radius 1 is 1.38 bits per heavy atom. The van der Waals surface area contributed by atoms with E-state index in [0.29, 0.717) is 6.04 Å². The quantitative estimate of drug-likeness (QED) is 0.646. The van der Waals surface area contributed by atoms with E-state index in [1.807, 2.05) is 0 Å². The first-order chi connectivity index (χ1) is 6.25. The van der Waals surface area contributed by atoms with Crippen molar-refractivity contribution >= 4 is 5.97 Å². The van der Waals surface area contributed by atoms with Crippen LogP contribution in [0.15, 0.2) is 12.3 Å². The van der Waals surface area contributed by atoms with Crippen LogP contribution in [0.4, 0.5) is 0 Å². The van der Waals surface area contributed by atoms with Gasteiger partial charge in [0.25, 0.3) is 0 Å². The van der Waals surface area contributed by atoms with Gasteiger partial charge in [0.1, 0.15) is 0 Å². The Morgan fingerprint density at radius 3 is 2.77 bits per heavy atom. The highest BCUT2D eigenvalue weighted by Crippen LogP contribution is 2.44. The Morgan fingerprint density at radius 2 is 2.23 bits per heavy atom. The van der Waals surface area contributed by atoms with Gasteiger partial charge in [0.2, 0.25) is 0 Å². The molecule has 2 fully saturated rings. The zero-order chi connectivity index (χ0) is 9.26. The Labute approximate surface area is 77.8 Å². The van der Waals surface area contributed by atoms with E-state index in [0.717, 1.165) is 11.8 Å². The van der Waals surface area contributed by atoms with Crippen LogP contribution < -0.4 is 5.32 Å². The van der Waals surface area contributed by atoms with Gasteiger partial charge in [-0.3, -0.25) is 0 Å². The Bertz CT molecular complexity index is 237. The minimum Gasteiger partial charge on any atom is -0.478 e. The summed E-state index contributed by atoms with van der Waals surface area (Å²) >= 11 is 0. The molecule has 3 unspecified atom stereocenters. The van der Waals surface area contributed by atoms with Crippen molar-refractivity contribution in [3.63, 3.8) is 0 Å². The van der Waals surface area contributed by atoms with Crippen LogP contribution in [0.3, 0.4) is 0 Å². The number of hydrogen-bond acceptors (Lipinski definition) is 2. The van der Waals surface area contributed by atoms with E-state index in [1.165, 1.54) is 31.8 Å². The van der Waals surface area contributed by atoms with Gasteiger partial charge in [0, 0.05) is 18.3 Å². The molecule has 0 aromatic rings. The molecule has 0 aliphatic heterocycles. The van der Waals surface area contributed by atoms with Crippen molar-refractivity contribution in [2.75, 3.05) is 0 Å². The van der Waals surface area contributed by atoms with Crippen molar-refractivity contribution in [2.45, 2.75) is 31.7 Å². The van der Waals surface area contributed by atoms with Gasteiger partial charge < -0.3 is 10.4 Å². The summed E-state index contributed by atoms with van der Waals surface area (Å²) < 4.78 is 0. The average Bonchev–Trinajstić information content (AvgIpc) is 2.64. The van der Waals surface area contributed by atoms with Gasteiger partial charge in [-0.2, -0.15) is 0 Å². The van der Waals surface area contributed by atoms with Crippen molar-refractivity contribution < 1.29 is 9.90 Å². The number of rotatable bonds is 3. The van der Waals surface area contributed by atoms with E-state index < -0.39 is 5.97 Å². The lowest BCUT2D eigenvalue weighted by molar-refractivity contribution is -0.131. The molecular weight excluding hydrogens is 166 g/mol. The summed E-state index contributed by atoms with van der Waals surface area (Å²) in [7, 11) is 0. The lowest BCUT2D eigenvalue weighted by Gasteiger charge is -2.21. The smallest absolute Gasteiger partial charge is 0.329 e. The molecule has 2 N–H and O–H groups in total. The van der Waals surface area contributed by atoms with Gasteiger partial charge in [-0.05, 0) is 31.1 Å². The average molecular weight is 181 g/mol. The summed E-state index contributed by atoms with van der Waals surface area (Å²) in [5, 5.41) is 11.6. The SMILES string of the molecule is O=C(O)C=CNC1CC2CCC1C2. The summed E-state index contributed by atoms with van der Waals surface area (Å²) in [6, 6.07) is 0.536. The summed E-state index contributed by atoms with van der Waals surface area (Å²) in [5.41, 5.74) is 0. The van der Waals surface area contributed by atoms with Crippen LogP contribution in [-0.4, -0.2) is 17.1 Å². The molecule has 0 heterocycles. The van der Waals surface area contributed by atoms with Crippen LogP contribution in [0.1, 0.15) is 25.7 Å². The van der Waals surface area contributed by atoms with Gasteiger partial charge >= 0.3 is 5.97 Å². The minimum atomic E-state index is -0.879. The second kappa shape index (κ2) is 3.40. The van der Waals surface area contributed by atoms with E-state index in [4.69, 9.17) is 5.11 Å². The van der Waals surface area contributed by atoms with Crippen molar-refractivity contribution in [3.8, 4) is 0 Å². The standard InChI is InChI=1S/C10H15NO2/c12-10(13)3-4-11-9-6-7-1-2-8(9)5-7/h3-4,7-9,11H,1-2,5-6H2,(H,12,13). The minimum absolute atomic E-state index is 0.536. The molecule has 0 aromatic carbocycles. The summed E-state index contributed by atoms with van der Waals surface area (Å²) in [5.74, 6) is 0.819. The molecule has 0 amide bonds. The van der Waals surface area contributed by atoms with Crippen LogP contribution in [0.2, 0.25) is 0 Å². The summed E-state index contributed by atoms with van der Waals surface area (Å²) in [4.78, 5) is 10.2. The highest BCUT2D eigenvalue weighted by atomic mass is 16.4. The number of aliphatic carboxylic acids is 1. The van der Waals surface area contributed by atoms with Crippen LogP contribution in [0.25, 0.3) is 0 Å². The molecule has 0 aromatic heterocycles. The molecule has 2 saturated carbocycles. The number of hydrogen-bond donors (Lipinski definition) is 2. The van der Waals surface area contributed by atoms with E-state index in [-0.39, 0.29) is 0 Å². The Balaban J connectivity index is 1.80. The molecule has 0 spiro atoms. The Hall–Kier alpha value is -0.990. The molecule has 2 aliphatic carbocycles. The fourth-order valence-corrected chi connectivity index (χ4v) is 2.69. The third-order valence-corrected chi connectivity index (χ3v) is 3.27. The normalized spacial score (nSPS) is 37.1. The molecule has 2 rings (SSSR count). The van der Waals surface area contributed by atoms with E-state index >= 15 is 0 Å². The largest absolute Gasteiger partial charge is 0.478 e. The zero-order valence-corrected chi connectivity index (χ0v) is 7.57. The van der Waals surface area contributed by atoms with Crippen molar-refractivity contribution in [1.82, 2.24) is 5.32 Å². The number of carboxylic acids is 1. The van der Waals surface area contributed by atoms with Crippen molar-refractivity contribution in [2.24, 2.45) is 11.8 Å². The van der Waals surface area contributed by atoms with Gasteiger partial charge in [-0.15, -0.1) is 0 Å². The fourth-order valence-electron chi connectivity index (χ4n) is 2.69. The lowest BCUT2D eigenvalue weighted by Crippen LogP contribution is -2.29. The van der Waals surface area contributed by atoms with Crippen LogP contribution >= 0.6 is 0 Å². The lowest BCUT2D eigenvalue weighted by atomic mass is 9.96. The molecule has 72 valence electrons. The second-order valence-electron chi connectivity index (χ2n) is 4.12. The third-order valence-electron chi connectivity index (χ3n) is 3.27. The van der Waals surface area contributed by atoms with Crippen LogP contribution in [-0.2, 0) is 4.79 Å². The first-order valence-corrected chi connectivity index (χ1v) is 4.91. The predicted octanol–water partition coefficient (Wildman–Crippen LogP) is 1.36. The Kier molecular flexibility index (Phi) is 2.25. The molecule has 0 radical (unpaired) electrons. The van der Waals surface area contributed by atoms with Gasteiger partial charge in [0.05, 0.1) is 0 Å². The highest BCUT2D eigenvalue weighted by Gasteiger charge is 2.38. The van der Waals surface area contributed by atoms with Crippen molar-refractivity contribution in [1.29, 1.82) is 0 Å². The van der Waals surface area contributed by atoms with Crippen molar-refractivity contribution in [3.05, 3.63) is 12.3 Å². The number of carboxylic acid groups (broad SMARTS) is 1. The van der Waals surface area contributed by atoms with E-state index in [9.17, 15) is 4.79 Å². The molecule has 3 atom stereocenters. The summed E-state index contributed by atoms with van der Waals surface area (Å²) in [6.07, 6.45) is 8.03. The fraction of sp³-hybridized carbons (Fsp3) is 0.700. The first-order valence-electron chi connectivity index (χ1n) is 4.91. The maximum absolute atomic E-state index is 10.2. The predicted molar refractivity (Wildman–Crippen MR) is 49.1 cm³/mol. The molecule has 2 bridgehead atoms. The molecule has 0 saturated heterocycles. The summed E-state index contributed by atoms with van der Waals surface area (Å²) in [6.45, 7) is 0. The molecule has 13 heavy (non-hydrogen) atoms. The molecule has 3 nitrogen and oxygen atoms in total. The first kappa shape index (κ1) is 8.60. The number of nitrogens with one attached hydrogen (secondary N) is 1. The van der Waals surface area contributed by atoms with Gasteiger partial charge in [0.15, 0.2) is 0 Å². The van der Waals surface area contributed by atoms with Gasteiger partial charge in [-0.25, -0.2) is 4.79 Å². The number of fused-ring (bicyclic) bond motifs is 2. The molecular formula is C10H15NO2. The third kappa shape index (κ3) is 1.85. The van der Waals surface area contributed by atoms with Gasteiger partial charge in [-0.1, -0.05) is 6.42 Å². The monoisotopic (exact) mass is 181 g/mol. The molecule has 3 heteroatoms. The zero-order valence-electron chi connectivity index (χ0n) is 7.57. The maximum atomic E-state index is 10.2.